The molecule has 1 aliphatic heterocycles. The molecule has 1 rings (SSSR count). The second kappa shape index (κ2) is 4.91. The minimum atomic E-state index is -0.516. The molecule has 1 aliphatic rings. The van der Waals surface area contributed by atoms with Crippen molar-refractivity contribution in [2.75, 3.05) is 32.8 Å². The Bertz CT molecular complexity index is 147. The van der Waals surface area contributed by atoms with E-state index in [1.54, 1.807) is 0 Å². The van der Waals surface area contributed by atoms with Gasteiger partial charge in [0, 0.05) is 26.2 Å². The SMILES string of the molecule is CC(C)OCCNCC1(O)CNC1. The molecule has 0 spiro atoms. The smallest absolute Gasteiger partial charge is 0.102 e. The molecule has 78 valence electrons. The Hall–Kier alpha value is -0.160. The lowest BCUT2D eigenvalue weighted by molar-refractivity contribution is -0.0105. The molecule has 4 nitrogen and oxygen atoms in total. The minimum absolute atomic E-state index is 0.287. The molecule has 0 unspecified atom stereocenters. The number of aliphatic hydroxyl groups is 1. The van der Waals surface area contributed by atoms with Crippen molar-refractivity contribution in [1.82, 2.24) is 10.6 Å². The molecule has 0 aromatic rings. The van der Waals surface area contributed by atoms with Crippen LogP contribution in [0.3, 0.4) is 0 Å². The summed E-state index contributed by atoms with van der Waals surface area (Å²) in [5, 5.41) is 15.9. The minimum Gasteiger partial charge on any atom is -0.386 e. The number of β-amino-alcohol motifs (C(OH)–C–C–N with tert-alkyl or cyclic N) is 1. The lowest BCUT2D eigenvalue weighted by atomic mass is 9.97. The number of hydrogen-bond acceptors (Lipinski definition) is 4. The van der Waals surface area contributed by atoms with E-state index in [-0.39, 0.29) is 6.10 Å². The summed E-state index contributed by atoms with van der Waals surface area (Å²) in [6, 6.07) is 0. The maximum absolute atomic E-state index is 9.65. The predicted octanol–water partition coefficient (Wildman–Crippen LogP) is -0.665. The molecule has 0 amide bonds. The number of nitrogens with one attached hydrogen (secondary N) is 2. The Morgan fingerprint density at radius 3 is 2.69 bits per heavy atom. The number of hydrogen-bond donors (Lipinski definition) is 3. The van der Waals surface area contributed by atoms with Crippen molar-refractivity contribution in [2.45, 2.75) is 25.6 Å². The van der Waals surface area contributed by atoms with Crippen LogP contribution in [0.25, 0.3) is 0 Å². The summed E-state index contributed by atoms with van der Waals surface area (Å²) in [7, 11) is 0. The van der Waals surface area contributed by atoms with E-state index in [1.165, 1.54) is 0 Å². The summed E-state index contributed by atoms with van der Waals surface area (Å²) in [5.41, 5.74) is -0.516. The summed E-state index contributed by atoms with van der Waals surface area (Å²) in [4.78, 5) is 0. The third-order valence-electron chi connectivity index (χ3n) is 2.09. The molecule has 3 N–H and O–H groups in total. The molecule has 1 fully saturated rings. The van der Waals surface area contributed by atoms with E-state index in [0.717, 1.165) is 6.54 Å². The van der Waals surface area contributed by atoms with Gasteiger partial charge in [0.25, 0.3) is 0 Å². The van der Waals surface area contributed by atoms with Crippen molar-refractivity contribution in [3.05, 3.63) is 0 Å². The van der Waals surface area contributed by atoms with Crippen LogP contribution in [-0.2, 0) is 4.74 Å². The molecule has 1 heterocycles. The largest absolute Gasteiger partial charge is 0.386 e. The summed E-state index contributed by atoms with van der Waals surface area (Å²) >= 11 is 0. The fourth-order valence-corrected chi connectivity index (χ4v) is 1.23. The summed E-state index contributed by atoms with van der Waals surface area (Å²) in [6.07, 6.45) is 0.287. The van der Waals surface area contributed by atoms with Crippen LogP contribution in [-0.4, -0.2) is 49.6 Å². The number of ether oxygens (including phenoxy) is 1. The second-order valence-electron chi connectivity index (χ2n) is 3.92. The van der Waals surface area contributed by atoms with Gasteiger partial charge in [-0.2, -0.15) is 0 Å². The zero-order valence-electron chi connectivity index (χ0n) is 8.47. The first kappa shape index (κ1) is 10.9. The first-order valence-electron chi connectivity index (χ1n) is 4.88. The molecule has 4 heteroatoms. The fourth-order valence-electron chi connectivity index (χ4n) is 1.23. The Labute approximate surface area is 79.7 Å². The monoisotopic (exact) mass is 188 g/mol. The van der Waals surface area contributed by atoms with Gasteiger partial charge >= 0.3 is 0 Å². The van der Waals surface area contributed by atoms with E-state index in [4.69, 9.17) is 4.74 Å². The van der Waals surface area contributed by atoms with Crippen molar-refractivity contribution in [2.24, 2.45) is 0 Å². The normalized spacial score (nSPS) is 20.3. The Balaban J connectivity index is 1.89. The molecule has 0 aromatic carbocycles. The van der Waals surface area contributed by atoms with Crippen LogP contribution in [0.5, 0.6) is 0 Å². The summed E-state index contributed by atoms with van der Waals surface area (Å²) in [6.45, 7) is 7.60. The number of rotatable bonds is 6. The molecule has 13 heavy (non-hydrogen) atoms. The van der Waals surface area contributed by atoms with Crippen molar-refractivity contribution < 1.29 is 9.84 Å². The Morgan fingerprint density at radius 2 is 2.23 bits per heavy atom. The van der Waals surface area contributed by atoms with E-state index in [0.29, 0.717) is 26.2 Å². The first-order valence-corrected chi connectivity index (χ1v) is 4.88. The van der Waals surface area contributed by atoms with Crippen LogP contribution in [0.1, 0.15) is 13.8 Å². The molecule has 0 bridgehead atoms. The van der Waals surface area contributed by atoms with Crippen LogP contribution in [0.15, 0.2) is 0 Å². The van der Waals surface area contributed by atoms with Gasteiger partial charge in [-0.3, -0.25) is 0 Å². The molecule has 0 aromatic heterocycles. The van der Waals surface area contributed by atoms with Gasteiger partial charge in [0.15, 0.2) is 0 Å². The topological polar surface area (TPSA) is 53.5 Å². The van der Waals surface area contributed by atoms with E-state index in [2.05, 4.69) is 10.6 Å². The molecule has 0 atom stereocenters. The molecular formula is C9H20N2O2. The van der Waals surface area contributed by atoms with Gasteiger partial charge in [0.2, 0.25) is 0 Å². The zero-order valence-corrected chi connectivity index (χ0v) is 8.47. The lowest BCUT2D eigenvalue weighted by Gasteiger charge is -2.37. The molecule has 0 radical (unpaired) electrons. The highest BCUT2D eigenvalue weighted by Crippen LogP contribution is 2.07. The van der Waals surface area contributed by atoms with Crippen molar-refractivity contribution in [1.29, 1.82) is 0 Å². The van der Waals surface area contributed by atoms with Crippen LogP contribution >= 0.6 is 0 Å². The zero-order chi connectivity index (χ0) is 9.73. The molecule has 1 saturated heterocycles. The molecule has 0 aliphatic carbocycles. The molecule has 0 saturated carbocycles. The average Bonchev–Trinajstić information content (AvgIpc) is 2.00. The summed E-state index contributed by atoms with van der Waals surface area (Å²) < 4.78 is 5.35. The standard InChI is InChI=1S/C9H20N2O2/c1-8(2)13-4-3-10-5-9(12)6-11-7-9/h8,10-12H,3-7H2,1-2H3. The van der Waals surface area contributed by atoms with Gasteiger partial charge in [-0.15, -0.1) is 0 Å². The van der Waals surface area contributed by atoms with Crippen LogP contribution < -0.4 is 10.6 Å². The van der Waals surface area contributed by atoms with Gasteiger partial charge in [-0.25, -0.2) is 0 Å². The van der Waals surface area contributed by atoms with Crippen LogP contribution in [0.2, 0.25) is 0 Å². The van der Waals surface area contributed by atoms with E-state index in [9.17, 15) is 5.11 Å². The quantitative estimate of drug-likeness (QED) is 0.484. The Kier molecular flexibility index (Phi) is 4.12. The van der Waals surface area contributed by atoms with Crippen LogP contribution in [0, 0.1) is 0 Å². The van der Waals surface area contributed by atoms with E-state index < -0.39 is 5.60 Å². The third kappa shape index (κ3) is 4.04. The average molecular weight is 188 g/mol. The van der Waals surface area contributed by atoms with Crippen molar-refractivity contribution in [3.8, 4) is 0 Å². The highest BCUT2D eigenvalue weighted by Gasteiger charge is 2.33. The van der Waals surface area contributed by atoms with Gasteiger partial charge in [0.1, 0.15) is 5.60 Å². The first-order chi connectivity index (χ1) is 6.12. The van der Waals surface area contributed by atoms with Crippen LogP contribution in [0.4, 0.5) is 0 Å². The van der Waals surface area contributed by atoms with Crippen molar-refractivity contribution >= 4 is 0 Å². The maximum Gasteiger partial charge on any atom is 0.102 e. The second-order valence-corrected chi connectivity index (χ2v) is 3.92. The Morgan fingerprint density at radius 1 is 1.54 bits per heavy atom. The highest BCUT2D eigenvalue weighted by atomic mass is 16.5. The fraction of sp³-hybridized carbons (Fsp3) is 1.00. The third-order valence-corrected chi connectivity index (χ3v) is 2.09. The highest BCUT2D eigenvalue weighted by molar-refractivity contribution is 4.94. The van der Waals surface area contributed by atoms with Gasteiger partial charge in [-0.1, -0.05) is 0 Å². The summed E-state index contributed by atoms with van der Waals surface area (Å²) in [5.74, 6) is 0. The van der Waals surface area contributed by atoms with E-state index >= 15 is 0 Å². The van der Waals surface area contributed by atoms with E-state index in [1.807, 2.05) is 13.8 Å². The molecular weight excluding hydrogens is 168 g/mol. The van der Waals surface area contributed by atoms with Gasteiger partial charge in [-0.05, 0) is 13.8 Å². The van der Waals surface area contributed by atoms with Crippen molar-refractivity contribution in [3.63, 3.8) is 0 Å². The van der Waals surface area contributed by atoms with Gasteiger partial charge < -0.3 is 20.5 Å². The maximum atomic E-state index is 9.65. The lowest BCUT2D eigenvalue weighted by Crippen LogP contribution is -2.64. The predicted molar refractivity (Wildman–Crippen MR) is 51.8 cm³/mol. The van der Waals surface area contributed by atoms with Gasteiger partial charge in [0.05, 0.1) is 12.7 Å².